The van der Waals surface area contributed by atoms with E-state index in [2.05, 4.69) is 60.0 Å². The van der Waals surface area contributed by atoms with Gasteiger partial charge in [-0.05, 0) is 48.1 Å². The summed E-state index contributed by atoms with van der Waals surface area (Å²) in [6, 6.07) is 4.44. The van der Waals surface area contributed by atoms with Crippen LogP contribution in [0.1, 0.15) is 12.5 Å². The van der Waals surface area contributed by atoms with E-state index in [1.165, 1.54) is 19.7 Å². The van der Waals surface area contributed by atoms with Crippen LogP contribution in [0.15, 0.2) is 29.7 Å². The molecule has 0 fully saturated rings. The zero-order valence-corrected chi connectivity index (χ0v) is 11.9. The van der Waals surface area contributed by atoms with Gasteiger partial charge in [0.25, 0.3) is 0 Å². The first-order valence-electron chi connectivity index (χ1n) is 4.98. The first-order chi connectivity index (χ1) is 7.15. The molecular weight excluding hydrogens is 317 g/mol. The number of rotatable bonds is 2. The molecule has 1 unspecified atom stereocenters. The van der Waals surface area contributed by atoms with Crippen LogP contribution in [-0.2, 0) is 0 Å². The highest BCUT2D eigenvalue weighted by Gasteiger charge is 2.28. The van der Waals surface area contributed by atoms with Crippen LogP contribution in [0, 0.1) is 10.5 Å². The molecule has 1 aromatic carbocycles. The maximum atomic E-state index is 3.83. The number of aryl methyl sites for hydroxylation is 1. The summed E-state index contributed by atoms with van der Waals surface area (Å²) in [4.78, 5) is 3.82. The van der Waals surface area contributed by atoms with Gasteiger partial charge in [0.15, 0.2) is 0 Å². The molecule has 80 valence electrons. The van der Waals surface area contributed by atoms with Gasteiger partial charge in [0.1, 0.15) is 0 Å². The normalized spacial score (nSPS) is 19.1. The molecule has 0 saturated carbocycles. The Morgan fingerprint density at radius 3 is 3.00 bits per heavy atom. The number of benzene rings is 1. The third-order valence-corrected chi connectivity index (χ3v) is 5.16. The summed E-state index contributed by atoms with van der Waals surface area (Å²) < 4.78 is 1.38. The molecule has 0 amide bonds. The molecular formula is C12H14INS. The number of hydrogen-bond donors (Lipinski definition) is 0. The molecule has 15 heavy (non-hydrogen) atoms. The minimum absolute atomic E-state index is 0.522. The SMILES string of the molecule is C=CCN1c2c(ccc(C)c2I)SC1C. The molecule has 3 heteroatoms. The molecule has 1 aliphatic rings. The van der Waals surface area contributed by atoms with Crippen LogP contribution >= 0.6 is 34.4 Å². The van der Waals surface area contributed by atoms with Crippen LogP contribution in [0.25, 0.3) is 0 Å². The lowest BCUT2D eigenvalue weighted by Gasteiger charge is -2.23. The zero-order valence-electron chi connectivity index (χ0n) is 8.96. The van der Waals surface area contributed by atoms with Gasteiger partial charge < -0.3 is 4.90 Å². The van der Waals surface area contributed by atoms with E-state index >= 15 is 0 Å². The Morgan fingerprint density at radius 2 is 2.33 bits per heavy atom. The molecule has 1 nitrogen and oxygen atoms in total. The maximum Gasteiger partial charge on any atom is 0.0773 e. The second-order valence-corrected chi connectivity index (χ2v) is 6.14. The average Bonchev–Trinajstić information content (AvgIpc) is 2.51. The Hall–Kier alpha value is -0.160. The van der Waals surface area contributed by atoms with Gasteiger partial charge in [0.05, 0.1) is 11.1 Å². The number of anilines is 1. The minimum atomic E-state index is 0.522. The fraction of sp³-hybridized carbons (Fsp3) is 0.333. The summed E-state index contributed by atoms with van der Waals surface area (Å²) in [7, 11) is 0. The zero-order chi connectivity index (χ0) is 11.0. The Morgan fingerprint density at radius 1 is 1.60 bits per heavy atom. The van der Waals surface area contributed by atoms with Crippen LogP contribution in [-0.4, -0.2) is 11.9 Å². The minimum Gasteiger partial charge on any atom is -0.354 e. The third kappa shape index (κ3) is 1.91. The average molecular weight is 331 g/mol. The molecule has 1 atom stereocenters. The van der Waals surface area contributed by atoms with Crippen molar-refractivity contribution in [2.24, 2.45) is 0 Å². The molecule has 1 aromatic rings. The van der Waals surface area contributed by atoms with Crippen LogP contribution in [0.2, 0.25) is 0 Å². The molecule has 0 aromatic heterocycles. The Labute approximate surface area is 109 Å². The Balaban J connectivity index is 2.50. The fourth-order valence-electron chi connectivity index (χ4n) is 1.82. The fourth-order valence-corrected chi connectivity index (χ4v) is 3.95. The molecule has 2 rings (SSSR count). The van der Waals surface area contributed by atoms with Crippen LogP contribution < -0.4 is 4.90 Å². The molecule has 1 heterocycles. The monoisotopic (exact) mass is 331 g/mol. The Kier molecular flexibility index (Phi) is 3.30. The van der Waals surface area contributed by atoms with Gasteiger partial charge >= 0.3 is 0 Å². The van der Waals surface area contributed by atoms with Crippen molar-refractivity contribution >= 4 is 40.0 Å². The largest absolute Gasteiger partial charge is 0.354 e. The topological polar surface area (TPSA) is 3.24 Å². The highest BCUT2D eigenvalue weighted by molar-refractivity contribution is 14.1. The van der Waals surface area contributed by atoms with Gasteiger partial charge in [-0.15, -0.1) is 6.58 Å². The van der Waals surface area contributed by atoms with Crippen molar-refractivity contribution in [1.82, 2.24) is 0 Å². The first-order valence-corrected chi connectivity index (χ1v) is 6.94. The van der Waals surface area contributed by atoms with Gasteiger partial charge in [-0.1, -0.05) is 23.9 Å². The van der Waals surface area contributed by atoms with Crippen LogP contribution in [0.5, 0.6) is 0 Å². The summed E-state index contributed by atoms with van der Waals surface area (Å²) in [6.45, 7) is 9.18. The van der Waals surface area contributed by atoms with Crippen molar-refractivity contribution < 1.29 is 0 Å². The van der Waals surface area contributed by atoms with Gasteiger partial charge in [-0.3, -0.25) is 0 Å². The number of thioether (sulfide) groups is 1. The van der Waals surface area contributed by atoms with Gasteiger partial charge in [0, 0.05) is 15.0 Å². The second-order valence-electron chi connectivity index (χ2n) is 3.70. The van der Waals surface area contributed by atoms with E-state index in [0.717, 1.165) is 6.54 Å². The van der Waals surface area contributed by atoms with E-state index < -0.39 is 0 Å². The van der Waals surface area contributed by atoms with E-state index in [-0.39, 0.29) is 0 Å². The van der Waals surface area contributed by atoms with Crippen molar-refractivity contribution in [2.75, 3.05) is 11.4 Å². The van der Waals surface area contributed by atoms with E-state index in [4.69, 9.17) is 0 Å². The van der Waals surface area contributed by atoms with E-state index in [0.29, 0.717) is 5.37 Å². The summed E-state index contributed by atoms with van der Waals surface area (Å²) >= 11 is 4.38. The Bertz CT molecular complexity index is 403. The summed E-state index contributed by atoms with van der Waals surface area (Å²) in [5, 5.41) is 0.522. The standard InChI is InChI=1S/C12H14INS/c1-4-7-14-9(3)15-10-6-5-8(2)11(13)12(10)14/h4-6,9H,1,7H2,2-3H3. The van der Waals surface area contributed by atoms with Gasteiger partial charge in [0.2, 0.25) is 0 Å². The van der Waals surface area contributed by atoms with Crippen molar-refractivity contribution in [3.8, 4) is 0 Å². The summed E-state index contributed by atoms with van der Waals surface area (Å²) in [5.41, 5.74) is 2.76. The highest BCUT2D eigenvalue weighted by atomic mass is 127. The number of nitrogens with zero attached hydrogens (tertiary/aromatic N) is 1. The maximum absolute atomic E-state index is 3.83. The molecule has 0 bridgehead atoms. The van der Waals surface area contributed by atoms with Crippen molar-refractivity contribution in [3.63, 3.8) is 0 Å². The van der Waals surface area contributed by atoms with Crippen molar-refractivity contribution in [2.45, 2.75) is 24.1 Å². The van der Waals surface area contributed by atoms with Crippen molar-refractivity contribution in [1.29, 1.82) is 0 Å². The van der Waals surface area contributed by atoms with Crippen LogP contribution in [0.4, 0.5) is 5.69 Å². The molecule has 1 aliphatic heterocycles. The first kappa shape index (κ1) is 11.3. The molecule has 0 spiro atoms. The quantitative estimate of drug-likeness (QED) is 0.594. The lowest BCUT2D eigenvalue weighted by atomic mass is 10.2. The summed E-state index contributed by atoms with van der Waals surface area (Å²) in [5.74, 6) is 0. The number of hydrogen-bond acceptors (Lipinski definition) is 2. The smallest absolute Gasteiger partial charge is 0.0773 e. The molecule has 0 radical (unpaired) electrons. The predicted molar refractivity (Wildman–Crippen MR) is 76.8 cm³/mol. The van der Waals surface area contributed by atoms with E-state index in [9.17, 15) is 0 Å². The van der Waals surface area contributed by atoms with Crippen molar-refractivity contribution in [3.05, 3.63) is 33.9 Å². The van der Waals surface area contributed by atoms with Crippen LogP contribution in [0.3, 0.4) is 0 Å². The van der Waals surface area contributed by atoms with Gasteiger partial charge in [-0.25, -0.2) is 0 Å². The predicted octanol–water partition coefficient (Wildman–Crippen LogP) is 4.04. The molecule has 0 N–H and O–H groups in total. The second kappa shape index (κ2) is 4.37. The molecule has 0 saturated heterocycles. The number of halogens is 1. The lowest BCUT2D eigenvalue weighted by molar-refractivity contribution is 0.865. The highest BCUT2D eigenvalue weighted by Crippen LogP contribution is 2.46. The number of fused-ring (bicyclic) bond motifs is 1. The van der Waals surface area contributed by atoms with E-state index in [1.807, 2.05) is 17.8 Å². The van der Waals surface area contributed by atoms with Gasteiger partial charge in [-0.2, -0.15) is 0 Å². The summed E-state index contributed by atoms with van der Waals surface area (Å²) in [6.07, 6.45) is 1.98. The molecule has 0 aliphatic carbocycles. The van der Waals surface area contributed by atoms with E-state index in [1.54, 1.807) is 0 Å². The third-order valence-electron chi connectivity index (χ3n) is 2.62. The lowest BCUT2D eigenvalue weighted by Crippen LogP contribution is -2.27.